The first-order chi connectivity index (χ1) is 15.9. The van der Waals surface area contributed by atoms with Gasteiger partial charge in [-0.05, 0) is 31.0 Å². The van der Waals surface area contributed by atoms with Crippen molar-refractivity contribution < 1.29 is 9.72 Å². The molecule has 0 spiro atoms. The van der Waals surface area contributed by atoms with Gasteiger partial charge in [-0.3, -0.25) is 14.9 Å². The Kier molecular flexibility index (Phi) is 9.01. The van der Waals surface area contributed by atoms with E-state index < -0.39 is 4.92 Å². The van der Waals surface area contributed by atoms with Crippen LogP contribution in [0.25, 0.3) is 0 Å². The van der Waals surface area contributed by atoms with E-state index in [1.54, 1.807) is 13.0 Å². The fourth-order valence-electron chi connectivity index (χ4n) is 3.16. The summed E-state index contributed by atoms with van der Waals surface area (Å²) in [6.45, 7) is 7.63. The Balaban J connectivity index is 2.56. The molecule has 0 saturated heterocycles. The lowest BCUT2D eigenvalue weighted by Crippen LogP contribution is -2.25. The maximum absolute atomic E-state index is 12.1. The van der Waals surface area contributed by atoms with Gasteiger partial charge < -0.3 is 10.2 Å². The van der Waals surface area contributed by atoms with Crippen molar-refractivity contribution in [2.45, 2.75) is 40.0 Å². The van der Waals surface area contributed by atoms with Crippen LogP contribution < -0.4 is 10.2 Å². The van der Waals surface area contributed by atoms with E-state index in [-0.39, 0.29) is 34.8 Å². The standard InChI is InChI=1S/C23H25N7O3/c1-4-9-29(10-5-2)18-7-8-20(21(13-18)26-22(31)6-3)27-28-23-16(14-24)11-19(30(32)33)12-17(23)15-25/h7-8,11-13H,4-6,9-10H2,1-3H3,(H,26,31). The number of non-ortho nitro benzene ring substituents is 1. The number of nitriles is 2. The lowest BCUT2D eigenvalue weighted by Gasteiger charge is -2.24. The summed E-state index contributed by atoms with van der Waals surface area (Å²) in [6.07, 6.45) is 2.20. The molecule has 2 rings (SSSR count). The van der Waals surface area contributed by atoms with E-state index in [2.05, 4.69) is 34.3 Å². The highest BCUT2D eigenvalue weighted by Crippen LogP contribution is 2.34. The SMILES string of the molecule is CCCN(CCC)c1ccc(N=Nc2c(C#N)cc([N+](=O)[O-])cc2C#N)c(NC(=O)CC)c1. The number of carbonyl (C=O) groups is 1. The van der Waals surface area contributed by atoms with Crippen LogP contribution in [0.15, 0.2) is 40.6 Å². The first-order valence-electron chi connectivity index (χ1n) is 10.6. The zero-order valence-electron chi connectivity index (χ0n) is 18.8. The van der Waals surface area contributed by atoms with E-state index >= 15 is 0 Å². The second-order valence-electron chi connectivity index (χ2n) is 7.16. The molecule has 0 aliphatic rings. The van der Waals surface area contributed by atoms with Crippen LogP contribution >= 0.6 is 0 Å². The van der Waals surface area contributed by atoms with Crippen molar-refractivity contribution in [3.8, 4) is 12.1 Å². The lowest BCUT2D eigenvalue weighted by atomic mass is 10.1. The van der Waals surface area contributed by atoms with Gasteiger partial charge in [0.2, 0.25) is 5.91 Å². The molecular formula is C23H25N7O3. The second kappa shape index (κ2) is 11.9. The summed E-state index contributed by atoms with van der Waals surface area (Å²) in [4.78, 5) is 24.7. The third-order valence-electron chi connectivity index (χ3n) is 4.73. The summed E-state index contributed by atoms with van der Waals surface area (Å²) in [5, 5.41) is 40.9. The predicted molar refractivity (Wildman–Crippen MR) is 125 cm³/mol. The average Bonchev–Trinajstić information content (AvgIpc) is 2.82. The number of azo groups is 1. The van der Waals surface area contributed by atoms with Crippen LogP contribution in [0.1, 0.15) is 51.2 Å². The molecule has 0 saturated carbocycles. The van der Waals surface area contributed by atoms with Gasteiger partial charge in [0.05, 0.1) is 21.7 Å². The number of benzene rings is 2. The van der Waals surface area contributed by atoms with Crippen LogP contribution in [-0.4, -0.2) is 23.9 Å². The van der Waals surface area contributed by atoms with E-state index in [1.165, 1.54) is 0 Å². The molecule has 1 N–H and O–H groups in total. The fraction of sp³-hybridized carbons (Fsp3) is 0.348. The summed E-state index contributed by atoms with van der Waals surface area (Å²) in [5.74, 6) is -0.202. The Morgan fingerprint density at radius 1 is 1.06 bits per heavy atom. The molecule has 0 fully saturated rings. The molecule has 170 valence electrons. The molecule has 0 aromatic heterocycles. The van der Waals surface area contributed by atoms with Crippen molar-refractivity contribution in [3.05, 3.63) is 51.6 Å². The van der Waals surface area contributed by atoms with Crippen LogP contribution in [0.5, 0.6) is 0 Å². The Hall–Kier alpha value is -4.31. The first-order valence-corrected chi connectivity index (χ1v) is 10.6. The van der Waals surface area contributed by atoms with Gasteiger partial charge in [0.1, 0.15) is 23.5 Å². The molecule has 0 unspecified atom stereocenters. The van der Waals surface area contributed by atoms with Crippen LogP contribution in [0.2, 0.25) is 0 Å². The minimum atomic E-state index is -0.682. The Morgan fingerprint density at radius 2 is 1.67 bits per heavy atom. The molecule has 33 heavy (non-hydrogen) atoms. The monoisotopic (exact) mass is 447 g/mol. The smallest absolute Gasteiger partial charge is 0.272 e. The Labute approximate surface area is 192 Å². The summed E-state index contributed by atoms with van der Waals surface area (Å²) in [7, 11) is 0. The zero-order valence-corrected chi connectivity index (χ0v) is 18.8. The Bertz CT molecular complexity index is 1100. The van der Waals surface area contributed by atoms with Crippen LogP contribution in [0.3, 0.4) is 0 Å². The van der Waals surface area contributed by atoms with Crippen molar-refractivity contribution in [3.63, 3.8) is 0 Å². The predicted octanol–water partition coefficient (Wildman–Crippen LogP) is 5.73. The largest absolute Gasteiger partial charge is 0.371 e. The van der Waals surface area contributed by atoms with Crippen molar-refractivity contribution in [1.29, 1.82) is 10.5 Å². The number of carbonyl (C=O) groups excluding carboxylic acids is 1. The van der Waals surface area contributed by atoms with Crippen LogP contribution in [0.4, 0.5) is 28.4 Å². The Morgan fingerprint density at radius 3 is 2.15 bits per heavy atom. The third kappa shape index (κ3) is 6.34. The highest BCUT2D eigenvalue weighted by molar-refractivity contribution is 5.94. The van der Waals surface area contributed by atoms with Crippen LogP contribution in [-0.2, 0) is 4.79 Å². The minimum absolute atomic E-state index is 0.0685. The zero-order chi connectivity index (χ0) is 24.4. The molecule has 0 bridgehead atoms. The van der Waals surface area contributed by atoms with Crippen molar-refractivity contribution in [2.24, 2.45) is 10.2 Å². The van der Waals surface area contributed by atoms with Gasteiger partial charge in [0, 0.05) is 37.3 Å². The average molecular weight is 447 g/mol. The number of rotatable bonds is 10. The first kappa shape index (κ1) is 25.0. The molecule has 1 amide bonds. The number of amides is 1. The van der Waals surface area contributed by atoms with Crippen LogP contribution in [0, 0.1) is 32.8 Å². The van der Waals surface area contributed by atoms with E-state index in [9.17, 15) is 25.4 Å². The number of nitro groups is 1. The lowest BCUT2D eigenvalue weighted by molar-refractivity contribution is -0.384. The molecule has 2 aromatic rings. The highest BCUT2D eigenvalue weighted by atomic mass is 16.6. The van der Waals surface area contributed by atoms with Gasteiger partial charge in [-0.2, -0.15) is 10.5 Å². The molecule has 10 heteroatoms. The van der Waals surface area contributed by atoms with E-state index in [0.717, 1.165) is 43.8 Å². The molecule has 0 heterocycles. The third-order valence-corrected chi connectivity index (χ3v) is 4.73. The summed E-state index contributed by atoms with van der Waals surface area (Å²) in [6, 6.07) is 11.1. The second-order valence-corrected chi connectivity index (χ2v) is 7.16. The van der Waals surface area contributed by atoms with E-state index in [0.29, 0.717) is 11.4 Å². The van der Waals surface area contributed by atoms with Gasteiger partial charge >= 0.3 is 0 Å². The van der Waals surface area contributed by atoms with Gasteiger partial charge in [-0.1, -0.05) is 20.8 Å². The molecule has 0 aliphatic carbocycles. The van der Waals surface area contributed by atoms with Gasteiger partial charge in [0.15, 0.2) is 0 Å². The molecular weight excluding hydrogens is 422 g/mol. The van der Waals surface area contributed by atoms with Crippen molar-refractivity contribution in [2.75, 3.05) is 23.3 Å². The minimum Gasteiger partial charge on any atom is -0.371 e. The molecule has 0 atom stereocenters. The molecule has 0 radical (unpaired) electrons. The number of nitrogens with one attached hydrogen (secondary N) is 1. The number of nitrogens with zero attached hydrogens (tertiary/aromatic N) is 6. The molecule has 2 aromatic carbocycles. The fourth-order valence-corrected chi connectivity index (χ4v) is 3.16. The quantitative estimate of drug-likeness (QED) is 0.279. The number of anilines is 2. The molecule has 10 nitrogen and oxygen atoms in total. The van der Waals surface area contributed by atoms with Crippen molar-refractivity contribution in [1.82, 2.24) is 0 Å². The summed E-state index contributed by atoms with van der Waals surface area (Å²) in [5.41, 5.74) is 0.971. The van der Waals surface area contributed by atoms with Crippen molar-refractivity contribution >= 4 is 34.3 Å². The summed E-state index contributed by atoms with van der Waals surface area (Å²) >= 11 is 0. The van der Waals surface area contributed by atoms with Gasteiger partial charge in [-0.25, -0.2) is 0 Å². The number of nitro benzene ring substituents is 1. The molecule has 0 aliphatic heterocycles. The van der Waals surface area contributed by atoms with E-state index in [1.807, 2.05) is 24.3 Å². The highest BCUT2D eigenvalue weighted by Gasteiger charge is 2.17. The number of hydrogen-bond donors (Lipinski definition) is 1. The van der Waals surface area contributed by atoms with Gasteiger partial charge in [-0.15, -0.1) is 10.2 Å². The van der Waals surface area contributed by atoms with Gasteiger partial charge in [0.25, 0.3) is 5.69 Å². The maximum atomic E-state index is 12.1. The maximum Gasteiger partial charge on any atom is 0.272 e. The number of hydrogen-bond acceptors (Lipinski definition) is 8. The topological polar surface area (TPSA) is 148 Å². The van der Waals surface area contributed by atoms with E-state index in [4.69, 9.17) is 0 Å². The summed E-state index contributed by atoms with van der Waals surface area (Å²) < 4.78 is 0. The normalized spacial score (nSPS) is 10.5.